The molecule has 0 aliphatic heterocycles. The van der Waals surface area contributed by atoms with Crippen molar-refractivity contribution in [2.45, 2.75) is 25.4 Å². The zero-order chi connectivity index (χ0) is 15.5. The van der Waals surface area contributed by atoms with Gasteiger partial charge in [-0.1, -0.05) is 36.9 Å². The van der Waals surface area contributed by atoms with Gasteiger partial charge in [0.1, 0.15) is 12.4 Å². The van der Waals surface area contributed by atoms with E-state index in [1.165, 1.54) is 0 Å². The maximum absolute atomic E-state index is 8.16. The van der Waals surface area contributed by atoms with Crippen molar-refractivity contribution in [1.82, 2.24) is 0 Å². The molecule has 1 aliphatic carbocycles. The van der Waals surface area contributed by atoms with E-state index in [-0.39, 0.29) is 5.92 Å². The third-order valence-corrected chi connectivity index (χ3v) is 4.15. The molecule has 0 spiro atoms. The minimum Gasteiger partial charge on any atom is -0.489 e. The quantitative estimate of drug-likeness (QED) is 0.825. The van der Waals surface area contributed by atoms with Crippen LogP contribution >= 0.6 is 0 Å². The minimum absolute atomic E-state index is 0.0489. The number of nitrogens with one attached hydrogen (secondary N) is 1. The summed E-state index contributed by atoms with van der Waals surface area (Å²) in [5.74, 6) is 0.839. The SMILES string of the molecule is C=C1CCC(c2cc(OCc3ccccc3)ccc2N)C1=N. The van der Waals surface area contributed by atoms with E-state index in [0.29, 0.717) is 12.3 Å². The average molecular weight is 292 g/mol. The van der Waals surface area contributed by atoms with Crippen LogP contribution in [0.15, 0.2) is 60.7 Å². The number of benzene rings is 2. The molecule has 0 bridgehead atoms. The van der Waals surface area contributed by atoms with E-state index < -0.39 is 0 Å². The zero-order valence-corrected chi connectivity index (χ0v) is 12.5. The summed E-state index contributed by atoms with van der Waals surface area (Å²) in [5.41, 5.74) is 10.5. The fourth-order valence-electron chi connectivity index (χ4n) is 2.84. The molecule has 1 aliphatic rings. The fourth-order valence-corrected chi connectivity index (χ4v) is 2.84. The number of allylic oxidation sites excluding steroid dienone is 1. The van der Waals surface area contributed by atoms with Gasteiger partial charge in [-0.3, -0.25) is 0 Å². The van der Waals surface area contributed by atoms with E-state index in [4.69, 9.17) is 15.9 Å². The largest absolute Gasteiger partial charge is 0.489 e. The van der Waals surface area contributed by atoms with Crippen LogP contribution in [0, 0.1) is 5.41 Å². The van der Waals surface area contributed by atoms with Gasteiger partial charge in [-0.05, 0) is 47.7 Å². The molecule has 0 heterocycles. The molecule has 1 saturated carbocycles. The Hall–Kier alpha value is -2.55. The number of nitrogens with two attached hydrogens (primary N) is 1. The number of rotatable bonds is 4. The van der Waals surface area contributed by atoms with E-state index in [0.717, 1.165) is 41.0 Å². The van der Waals surface area contributed by atoms with Gasteiger partial charge in [0.05, 0.1) is 0 Å². The smallest absolute Gasteiger partial charge is 0.120 e. The molecule has 1 unspecified atom stereocenters. The molecule has 3 rings (SSSR count). The van der Waals surface area contributed by atoms with Crippen molar-refractivity contribution >= 4 is 11.4 Å². The Bertz CT molecular complexity index is 707. The third kappa shape index (κ3) is 2.89. The van der Waals surface area contributed by atoms with Crippen LogP contribution in [0.1, 0.15) is 29.9 Å². The molecule has 0 radical (unpaired) electrons. The topological polar surface area (TPSA) is 59.1 Å². The lowest BCUT2D eigenvalue weighted by molar-refractivity contribution is 0.306. The summed E-state index contributed by atoms with van der Waals surface area (Å²) < 4.78 is 5.86. The average Bonchev–Trinajstić information content (AvgIpc) is 2.87. The summed E-state index contributed by atoms with van der Waals surface area (Å²) >= 11 is 0. The van der Waals surface area contributed by atoms with Crippen molar-refractivity contribution in [3.63, 3.8) is 0 Å². The molecule has 0 amide bonds. The van der Waals surface area contributed by atoms with Crippen LogP contribution in [0.5, 0.6) is 5.75 Å². The Labute approximate surface area is 130 Å². The second-order valence-corrected chi connectivity index (χ2v) is 5.67. The Balaban J connectivity index is 1.78. The highest BCUT2D eigenvalue weighted by Crippen LogP contribution is 2.38. The van der Waals surface area contributed by atoms with Gasteiger partial charge in [0.25, 0.3) is 0 Å². The summed E-state index contributed by atoms with van der Waals surface area (Å²) in [6.45, 7) is 4.47. The lowest BCUT2D eigenvalue weighted by atomic mass is 9.94. The Morgan fingerprint density at radius 3 is 2.64 bits per heavy atom. The maximum atomic E-state index is 8.16. The molecule has 2 aromatic carbocycles. The number of nitrogen functional groups attached to an aromatic ring is 1. The summed E-state index contributed by atoms with van der Waals surface area (Å²) in [7, 11) is 0. The number of hydrogen-bond donors (Lipinski definition) is 2. The second-order valence-electron chi connectivity index (χ2n) is 5.67. The maximum Gasteiger partial charge on any atom is 0.120 e. The zero-order valence-electron chi connectivity index (χ0n) is 12.5. The first-order valence-electron chi connectivity index (χ1n) is 7.48. The lowest BCUT2D eigenvalue weighted by Crippen LogP contribution is -2.08. The Morgan fingerprint density at radius 2 is 1.95 bits per heavy atom. The number of anilines is 1. The lowest BCUT2D eigenvalue weighted by Gasteiger charge is -2.15. The Kier molecular flexibility index (Phi) is 3.96. The van der Waals surface area contributed by atoms with Gasteiger partial charge < -0.3 is 15.9 Å². The summed E-state index contributed by atoms with van der Waals surface area (Å²) in [6.07, 6.45) is 1.78. The van der Waals surface area contributed by atoms with Crippen molar-refractivity contribution in [1.29, 1.82) is 5.41 Å². The van der Waals surface area contributed by atoms with Crippen LogP contribution in [0.2, 0.25) is 0 Å². The summed E-state index contributed by atoms with van der Waals surface area (Å²) in [5, 5.41) is 8.16. The molecular weight excluding hydrogens is 272 g/mol. The van der Waals surface area contributed by atoms with E-state index >= 15 is 0 Å². The van der Waals surface area contributed by atoms with Crippen LogP contribution in [0.3, 0.4) is 0 Å². The first-order valence-corrected chi connectivity index (χ1v) is 7.48. The molecule has 1 fully saturated rings. The molecule has 0 aromatic heterocycles. The van der Waals surface area contributed by atoms with E-state index in [2.05, 4.69) is 6.58 Å². The van der Waals surface area contributed by atoms with Crippen LogP contribution in [-0.2, 0) is 6.61 Å². The summed E-state index contributed by atoms with van der Waals surface area (Å²) in [4.78, 5) is 0. The highest BCUT2D eigenvalue weighted by Gasteiger charge is 2.27. The van der Waals surface area contributed by atoms with Crippen molar-refractivity contribution < 1.29 is 4.74 Å². The van der Waals surface area contributed by atoms with Gasteiger partial charge in [0.15, 0.2) is 0 Å². The van der Waals surface area contributed by atoms with Crippen molar-refractivity contribution in [3.8, 4) is 5.75 Å². The van der Waals surface area contributed by atoms with E-state index in [9.17, 15) is 0 Å². The molecule has 112 valence electrons. The van der Waals surface area contributed by atoms with Crippen LogP contribution < -0.4 is 10.5 Å². The molecule has 1 atom stereocenters. The first kappa shape index (κ1) is 14.4. The molecule has 22 heavy (non-hydrogen) atoms. The molecule has 3 nitrogen and oxygen atoms in total. The molecule has 3 N–H and O–H groups in total. The van der Waals surface area contributed by atoms with Gasteiger partial charge in [0, 0.05) is 17.3 Å². The van der Waals surface area contributed by atoms with Crippen molar-refractivity contribution in [2.75, 3.05) is 5.73 Å². The second kappa shape index (κ2) is 6.06. The monoisotopic (exact) mass is 292 g/mol. The third-order valence-electron chi connectivity index (χ3n) is 4.15. The Morgan fingerprint density at radius 1 is 1.18 bits per heavy atom. The van der Waals surface area contributed by atoms with Gasteiger partial charge in [-0.25, -0.2) is 0 Å². The number of ether oxygens (including phenoxy) is 1. The first-order chi connectivity index (χ1) is 10.6. The van der Waals surface area contributed by atoms with Crippen LogP contribution in [0.4, 0.5) is 5.69 Å². The van der Waals surface area contributed by atoms with E-state index in [1.54, 1.807) is 0 Å². The fraction of sp³-hybridized carbons (Fsp3) is 0.211. The van der Waals surface area contributed by atoms with Gasteiger partial charge in [0.2, 0.25) is 0 Å². The highest BCUT2D eigenvalue weighted by molar-refractivity contribution is 6.04. The highest BCUT2D eigenvalue weighted by atomic mass is 16.5. The normalized spacial score (nSPS) is 17.7. The minimum atomic E-state index is 0.0489. The standard InChI is InChI=1S/C19H20N2O/c1-13-7-9-16(19(13)21)17-11-15(8-10-18(17)20)22-12-14-5-3-2-4-6-14/h2-6,8,10-11,16,21H,1,7,9,12,20H2. The molecule has 2 aromatic rings. The molecular formula is C19H20N2O. The van der Waals surface area contributed by atoms with Crippen LogP contribution in [0.25, 0.3) is 0 Å². The predicted octanol–water partition coefficient (Wildman–Crippen LogP) is 4.30. The van der Waals surface area contributed by atoms with Crippen molar-refractivity contribution in [3.05, 3.63) is 71.8 Å². The van der Waals surface area contributed by atoms with Gasteiger partial charge in [-0.15, -0.1) is 0 Å². The molecule has 0 saturated heterocycles. The predicted molar refractivity (Wildman–Crippen MR) is 90.5 cm³/mol. The summed E-state index contributed by atoms with van der Waals surface area (Å²) in [6, 6.07) is 15.8. The van der Waals surface area contributed by atoms with Crippen molar-refractivity contribution in [2.24, 2.45) is 0 Å². The van der Waals surface area contributed by atoms with E-state index in [1.807, 2.05) is 48.5 Å². The number of hydrogen-bond acceptors (Lipinski definition) is 3. The molecule has 3 heteroatoms. The van der Waals surface area contributed by atoms with Crippen LogP contribution in [-0.4, -0.2) is 5.71 Å². The van der Waals surface area contributed by atoms with Gasteiger partial charge in [-0.2, -0.15) is 0 Å². The van der Waals surface area contributed by atoms with Gasteiger partial charge >= 0.3 is 0 Å².